The topological polar surface area (TPSA) is 41.5 Å². The van der Waals surface area contributed by atoms with Crippen molar-refractivity contribution >= 4 is 0 Å². The van der Waals surface area contributed by atoms with Crippen LogP contribution in [0.15, 0.2) is 18.2 Å². The highest BCUT2D eigenvalue weighted by Gasteiger charge is 2.16. The summed E-state index contributed by atoms with van der Waals surface area (Å²) in [6.07, 6.45) is -0.977. The molecule has 3 atom stereocenters. The molecule has 0 radical (unpaired) electrons. The number of hydrogen-bond acceptors (Lipinski definition) is 3. The van der Waals surface area contributed by atoms with Gasteiger partial charge < -0.3 is 15.2 Å². The molecule has 1 rings (SSSR count). The SMILES string of the molecule is CCNC(C)c1ccc(F)cc1OC(C)C(C)O. The van der Waals surface area contributed by atoms with Crippen molar-refractivity contribution in [2.75, 3.05) is 6.54 Å². The number of nitrogens with one attached hydrogen (secondary N) is 1. The van der Waals surface area contributed by atoms with Crippen LogP contribution in [0.1, 0.15) is 39.3 Å². The molecule has 0 fully saturated rings. The Kier molecular flexibility index (Phi) is 5.56. The molecule has 0 amide bonds. The van der Waals surface area contributed by atoms with Crippen LogP contribution in [0.4, 0.5) is 4.39 Å². The van der Waals surface area contributed by atoms with Crippen molar-refractivity contribution in [3.05, 3.63) is 29.6 Å². The minimum absolute atomic E-state index is 0.0757. The zero-order valence-corrected chi connectivity index (χ0v) is 11.4. The van der Waals surface area contributed by atoms with Crippen LogP contribution in [0.2, 0.25) is 0 Å². The van der Waals surface area contributed by atoms with Crippen LogP contribution in [0.25, 0.3) is 0 Å². The van der Waals surface area contributed by atoms with Gasteiger partial charge in [-0.05, 0) is 33.4 Å². The van der Waals surface area contributed by atoms with E-state index in [0.29, 0.717) is 5.75 Å². The molecule has 3 unspecified atom stereocenters. The van der Waals surface area contributed by atoms with Gasteiger partial charge in [-0.3, -0.25) is 0 Å². The summed E-state index contributed by atoms with van der Waals surface area (Å²) >= 11 is 0. The molecule has 1 aromatic carbocycles. The molecule has 0 saturated carbocycles. The average Bonchev–Trinajstić information content (AvgIpc) is 2.29. The van der Waals surface area contributed by atoms with Crippen molar-refractivity contribution in [3.63, 3.8) is 0 Å². The molecule has 4 heteroatoms. The van der Waals surface area contributed by atoms with Gasteiger partial charge in [0.05, 0.1) is 6.10 Å². The normalized spacial score (nSPS) is 16.1. The Labute approximate surface area is 108 Å². The lowest BCUT2D eigenvalue weighted by atomic mass is 10.1. The fourth-order valence-corrected chi connectivity index (χ4v) is 1.68. The number of hydrogen-bond donors (Lipinski definition) is 2. The van der Waals surface area contributed by atoms with Gasteiger partial charge in [-0.1, -0.05) is 13.0 Å². The summed E-state index contributed by atoms with van der Waals surface area (Å²) in [7, 11) is 0. The number of aliphatic hydroxyl groups is 1. The number of ether oxygens (including phenoxy) is 1. The van der Waals surface area contributed by atoms with Gasteiger partial charge in [0.15, 0.2) is 0 Å². The van der Waals surface area contributed by atoms with E-state index in [4.69, 9.17) is 4.74 Å². The van der Waals surface area contributed by atoms with Crippen LogP contribution in [-0.2, 0) is 0 Å². The van der Waals surface area contributed by atoms with Gasteiger partial charge in [0.25, 0.3) is 0 Å². The van der Waals surface area contributed by atoms with Gasteiger partial charge >= 0.3 is 0 Å². The first-order chi connectivity index (χ1) is 8.45. The third kappa shape index (κ3) is 3.96. The van der Waals surface area contributed by atoms with E-state index in [1.165, 1.54) is 12.1 Å². The zero-order chi connectivity index (χ0) is 13.7. The Morgan fingerprint density at radius 3 is 2.56 bits per heavy atom. The Balaban J connectivity index is 2.96. The molecule has 0 spiro atoms. The summed E-state index contributed by atoms with van der Waals surface area (Å²) in [4.78, 5) is 0. The van der Waals surface area contributed by atoms with Gasteiger partial charge in [0.2, 0.25) is 0 Å². The lowest BCUT2D eigenvalue weighted by Crippen LogP contribution is -2.27. The van der Waals surface area contributed by atoms with Gasteiger partial charge in [-0.15, -0.1) is 0 Å². The lowest BCUT2D eigenvalue weighted by Gasteiger charge is -2.22. The maximum atomic E-state index is 13.3. The van der Waals surface area contributed by atoms with Crippen molar-refractivity contribution in [1.82, 2.24) is 5.32 Å². The van der Waals surface area contributed by atoms with Crippen LogP contribution >= 0.6 is 0 Å². The van der Waals surface area contributed by atoms with Gasteiger partial charge in [0, 0.05) is 17.7 Å². The van der Waals surface area contributed by atoms with Crippen molar-refractivity contribution in [1.29, 1.82) is 0 Å². The molecule has 18 heavy (non-hydrogen) atoms. The number of benzene rings is 1. The van der Waals surface area contributed by atoms with Crippen molar-refractivity contribution in [2.24, 2.45) is 0 Å². The fraction of sp³-hybridized carbons (Fsp3) is 0.571. The Hall–Kier alpha value is -1.13. The summed E-state index contributed by atoms with van der Waals surface area (Å²) < 4.78 is 18.9. The molecule has 102 valence electrons. The number of aliphatic hydroxyl groups excluding tert-OH is 1. The molecule has 1 aromatic rings. The Bertz CT molecular complexity index is 382. The lowest BCUT2D eigenvalue weighted by molar-refractivity contribution is 0.0593. The smallest absolute Gasteiger partial charge is 0.127 e. The van der Waals surface area contributed by atoms with Crippen LogP contribution in [0.5, 0.6) is 5.75 Å². The van der Waals surface area contributed by atoms with Crippen molar-refractivity contribution < 1.29 is 14.2 Å². The standard InChI is InChI=1S/C14H22FNO2/c1-5-16-9(2)13-7-6-12(15)8-14(13)18-11(4)10(3)17/h6-11,16-17H,5H2,1-4H3. The van der Waals surface area contributed by atoms with E-state index in [9.17, 15) is 9.50 Å². The van der Waals surface area contributed by atoms with Crippen LogP contribution in [-0.4, -0.2) is 23.9 Å². The fourth-order valence-electron chi connectivity index (χ4n) is 1.68. The quantitative estimate of drug-likeness (QED) is 0.821. The summed E-state index contributed by atoms with van der Waals surface area (Å²) in [6.45, 7) is 8.24. The molecular weight excluding hydrogens is 233 g/mol. The predicted octanol–water partition coefficient (Wildman–Crippen LogP) is 2.64. The molecule has 0 heterocycles. The molecule has 0 saturated heterocycles. The Morgan fingerprint density at radius 2 is 2.00 bits per heavy atom. The highest BCUT2D eigenvalue weighted by molar-refractivity contribution is 5.36. The maximum absolute atomic E-state index is 13.3. The first-order valence-corrected chi connectivity index (χ1v) is 6.33. The number of halogens is 1. The molecule has 0 aliphatic heterocycles. The minimum Gasteiger partial charge on any atom is -0.488 e. The first kappa shape index (κ1) is 14.9. The van der Waals surface area contributed by atoms with Gasteiger partial charge in [-0.2, -0.15) is 0 Å². The van der Waals surface area contributed by atoms with E-state index in [1.54, 1.807) is 19.9 Å². The molecule has 3 nitrogen and oxygen atoms in total. The summed E-state index contributed by atoms with van der Waals surface area (Å²) in [5, 5.41) is 12.7. The summed E-state index contributed by atoms with van der Waals surface area (Å²) in [6, 6.07) is 4.57. The van der Waals surface area contributed by atoms with E-state index in [-0.39, 0.29) is 18.0 Å². The molecule has 0 aromatic heterocycles. The third-order valence-electron chi connectivity index (χ3n) is 2.94. The largest absolute Gasteiger partial charge is 0.488 e. The van der Waals surface area contributed by atoms with Crippen LogP contribution in [0.3, 0.4) is 0 Å². The van der Waals surface area contributed by atoms with Gasteiger partial charge in [-0.25, -0.2) is 4.39 Å². The summed E-state index contributed by atoms with van der Waals surface area (Å²) in [5.41, 5.74) is 0.894. The average molecular weight is 255 g/mol. The van der Waals surface area contributed by atoms with E-state index < -0.39 is 6.10 Å². The second-order valence-corrected chi connectivity index (χ2v) is 4.53. The molecule has 0 aliphatic rings. The monoisotopic (exact) mass is 255 g/mol. The third-order valence-corrected chi connectivity index (χ3v) is 2.94. The minimum atomic E-state index is -0.601. The van der Waals surface area contributed by atoms with E-state index in [2.05, 4.69) is 5.32 Å². The van der Waals surface area contributed by atoms with Crippen molar-refractivity contribution in [2.45, 2.75) is 45.9 Å². The highest BCUT2D eigenvalue weighted by atomic mass is 19.1. The molecule has 0 aliphatic carbocycles. The van der Waals surface area contributed by atoms with E-state index in [0.717, 1.165) is 12.1 Å². The van der Waals surface area contributed by atoms with E-state index >= 15 is 0 Å². The zero-order valence-electron chi connectivity index (χ0n) is 11.4. The summed E-state index contributed by atoms with van der Waals surface area (Å²) in [5.74, 6) is 0.145. The van der Waals surface area contributed by atoms with E-state index in [1.807, 2.05) is 13.8 Å². The van der Waals surface area contributed by atoms with Crippen molar-refractivity contribution in [3.8, 4) is 5.75 Å². The maximum Gasteiger partial charge on any atom is 0.127 e. The predicted molar refractivity (Wildman–Crippen MR) is 70.3 cm³/mol. The molecule has 0 bridgehead atoms. The highest BCUT2D eigenvalue weighted by Crippen LogP contribution is 2.27. The Morgan fingerprint density at radius 1 is 1.33 bits per heavy atom. The van der Waals surface area contributed by atoms with Crippen LogP contribution in [0, 0.1) is 5.82 Å². The van der Waals surface area contributed by atoms with Crippen LogP contribution < -0.4 is 10.1 Å². The second kappa shape index (κ2) is 6.71. The first-order valence-electron chi connectivity index (χ1n) is 6.33. The van der Waals surface area contributed by atoms with Gasteiger partial charge in [0.1, 0.15) is 17.7 Å². The number of rotatable bonds is 6. The molecular formula is C14H22FNO2. The second-order valence-electron chi connectivity index (χ2n) is 4.53. The molecule has 2 N–H and O–H groups in total.